The Morgan fingerprint density at radius 1 is 1.08 bits per heavy atom. The van der Waals surface area contributed by atoms with Crippen molar-refractivity contribution in [1.29, 1.82) is 5.26 Å². The van der Waals surface area contributed by atoms with Crippen molar-refractivity contribution in [1.82, 2.24) is 19.9 Å². The number of carbonyl (C=O) groups is 1. The summed E-state index contributed by atoms with van der Waals surface area (Å²) in [6.07, 6.45) is 4.64. The van der Waals surface area contributed by atoms with Crippen LogP contribution in [0.25, 0.3) is 11.0 Å². The molecule has 2 aromatic heterocycles. The molecule has 4 heterocycles. The van der Waals surface area contributed by atoms with Gasteiger partial charge in [0.2, 0.25) is 12.4 Å². The van der Waals surface area contributed by atoms with Crippen molar-refractivity contribution < 1.29 is 4.79 Å². The van der Waals surface area contributed by atoms with Gasteiger partial charge in [-0.2, -0.15) is 15.2 Å². The summed E-state index contributed by atoms with van der Waals surface area (Å²) in [5.74, 6) is 1.81. The number of piperidine rings is 1. The zero-order valence-corrected chi connectivity index (χ0v) is 21.1. The predicted octanol–water partition coefficient (Wildman–Crippen LogP) is 3.05. The minimum atomic E-state index is 0.488. The van der Waals surface area contributed by atoms with E-state index in [0.29, 0.717) is 29.6 Å². The zero-order valence-electron chi connectivity index (χ0n) is 21.1. The number of carbonyl (C=O) groups excluding carboxylic acids is 1. The van der Waals surface area contributed by atoms with Gasteiger partial charge in [-0.05, 0) is 49.6 Å². The zero-order chi connectivity index (χ0) is 25.5. The first kappa shape index (κ1) is 25.3. The van der Waals surface area contributed by atoms with Gasteiger partial charge in [-0.25, -0.2) is 0 Å². The third kappa shape index (κ3) is 5.36. The third-order valence-corrected chi connectivity index (χ3v) is 6.83. The number of aromatic amines is 1. The van der Waals surface area contributed by atoms with Crippen LogP contribution in [0.2, 0.25) is 0 Å². The number of anilines is 4. The Morgan fingerprint density at radius 3 is 2.39 bits per heavy atom. The highest BCUT2D eigenvalue weighted by molar-refractivity contribution is 5.94. The number of piperazine rings is 1. The first-order valence-electron chi connectivity index (χ1n) is 12.7. The lowest BCUT2D eigenvalue weighted by Crippen LogP contribution is -2.45. The second-order valence-corrected chi connectivity index (χ2v) is 8.88. The number of nitrogens with zero attached hydrogens (tertiary/aromatic N) is 6. The van der Waals surface area contributed by atoms with Crippen LogP contribution >= 0.6 is 0 Å². The number of benzene rings is 1. The predicted molar refractivity (Wildman–Crippen MR) is 144 cm³/mol. The number of rotatable bonds is 6. The van der Waals surface area contributed by atoms with Crippen LogP contribution in [-0.2, 0) is 4.79 Å². The first-order chi connectivity index (χ1) is 17.7. The van der Waals surface area contributed by atoms with Gasteiger partial charge in [-0.1, -0.05) is 13.8 Å². The number of amides is 1. The molecule has 0 radical (unpaired) electrons. The fourth-order valence-corrected chi connectivity index (χ4v) is 4.74. The molecule has 0 saturated carbocycles. The second kappa shape index (κ2) is 11.7. The molecule has 190 valence electrons. The highest BCUT2D eigenvalue weighted by atomic mass is 16.1. The molecule has 0 bridgehead atoms. The molecule has 2 aliphatic heterocycles. The van der Waals surface area contributed by atoms with Gasteiger partial charge in [0.15, 0.2) is 0 Å². The summed E-state index contributed by atoms with van der Waals surface area (Å²) < 4.78 is 0. The maximum absolute atomic E-state index is 10.9. The lowest BCUT2D eigenvalue weighted by atomic mass is 9.97. The van der Waals surface area contributed by atoms with Crippen LogP contribution in [0.1, 0.15) is 32.3 Å². The Balaban J connectivity index is 0.00000148. The van der Waals surface area contributed by atoms with E-state index in [9.17, 15) is 10.1 Å². The molecule has 3 aromatic rings. The largest absolute Gasteiger partial charge is 0.368 e. The molecule has 0 unspecified atom stereocenters. The highest BCUT2D eigenvalue weighted by Crippen LogP contribution is 2.32. The molecule has 10 nitrogen and oxygen atoms in total. The number of nitrogens with two attached hydrogens (primary N) is 1. The van der Waals surface area contributed by atoms with Crippen molar-refractivity contribution in [3.63, 3.8) is 0 Å². The number of H-pyrrole nitrogens is 1. The van der Waals surface area contributed by atoms with Gasteiger partial charge >= 0.3 is 0 Å². The summed E-state index contributed by atoms with van der Waals surface area (Å²) in [6, 6.07) is 10.4. The van der Waals surface area contributed by atoms with E-state index >= 15 is 0 Å². The summed E-state index contributed by atoms with van der Waals surface area (Å²) >= 11 is 0. The van der Waals surface area contributed by atoms with E-state index in [1.165, 1.54) is 0 Å². The van der Waals surface area contributed by atoms with Crippen LogP contribution in [0.5, 0.6) is 0 Å². The van der Waals surface area contributed by atoms with Crippen molar-refractivity contribution in [3.8, 4) is 6.07 Å². The van der Waals surface area contributed by atoms with E-state index in [2.05, 4.69) is 43.3 Å². The Labute approximate surface area is 212 Å². The van der Waals surface area contributed by atoms with Crippen LogP contribution in [0.15, 0.2) is 30.5 Å². The van der Waals surface area contributed by atoms with Gasteiger partial charge in [-0.3, -0.25) is 4.79 Å². The Hall–Kier alpha value is -3.84. The quantitative estimate of drug-likeness (QED) is 0.451. The van der Waals surface area contributed by atoms with Crippen LogP contribution < -0.4 is 20.9 Å². The minimum absolute atomic E-state index is 0.488. The van der Waals surface area contributed by atoms with Gasteiger partial charge in [0.25, 0.3) is 0 Å². The van der Waals surface area contributed by atoms with Gasteiger partial charge in [0.1, 0.15) is 17.5 Å². The van der Waals surface area contributed by atoms with Crippen molar-refractivity contribution in [2.45, 2.75) is 26.7 Å². The average Bonchev–Trinajstić information content (AvgIpc) is 3.37. The molecule has 2 fully saturated rings. The minimum Gasteiger partial charge on any atom is -0.368 e. The smallest absolute Gasteiger partial charge is 0.231 e. The van der Waals surface area contributed by atoms with Gasteiger partial charge in [0.05, 0.1) is 10.9 Å². The van der Waals surface area contributed by atoms with E-state index in [-0.39, 0.29) is 0 Å². The summed E-state index contributed by atoms with van der Waals surface area (Å²) in [5.41, 5.74) is 9.07. The summed E-state index contributed by atoms with van der Waals surface area (Å²) in [5, 5.41) is 13.7. The number of aromatic nitrogens is 3. The molecule has 0 spiro atoms. The highest BCUT2D eigenvalue weighted by Gasteiger charge is 2.24. The van der Waals surface area contributed by atoms with Gasteiger partial charge in [0, 0.05) is 56.8 Å². The van der Waals surface area contributed by atoms with E-state index in [0.717, 1.165) is 81.1 Å². The Bertz CT molecular complexity index is 1180. The van der Waals surface area contributed by atoms with Crippen LogP contribution in [-0.4, -0.2) is 72.1 Å². The number of fused-ring (bicyclic) bond motifs is 1. The van der Waals surface area contributed by atoms with Crippen LogP contribution in [0, 0.1) is 17.2 Å². The fraction of sp³-hybridized carbons (Fsp3) is 0.462. The number of hydrogen-bond donors (Lipinski definition) is 3. The van der Waals surface area contributed by atoms with Crippen molar-refractivity contribution in [2.24, 2.45) is 11.7 Å². The molecule has 0 atom stereocenters. The molecule has 0 aliphatic carbocycles. The molecule has 1 aromatic carbocycles. The lowest BCUT2D eigenvalue weighted by molar-refractivity contribution is -0.118. The first-order valence-corrected chi connectivity index (χ1v) is 12.7. The standard InChI is InChI=1S/C24H29N9O.C2H6/c25-13-17-5-7-33(8-6-17)23-21-18(14-26)15-27-22(21)29-24(30-23)28-19-1-3-20(4-2-19)32-11-9-31(16-34)10-12-32;1-2/h1-4,15-17H,5-13,25H2,(H2,27,28,29,30);1-2H3. The third-order valence-electron chi connectivity index (χ3n) is 6.83. The molecular formula is C26H35N9O. The monoisotopic (exact) mass is 489 g/mol. The lowest BCUT2D eigenvalue weighted by Gasteiger charge is -2.34. The van der Waals surface area contributed by atoms with Crippen molar-refractivity contribution >= 4 is 40.6 Å². The topological polar surface area (TPSA) is 130 Å². The van der Waals surface area contributed by atoms with E-state index in [1.807, 2.05) is 26.0 Å². The molecule has 2 aliphatic rings. The maximum Gasteiger partial charge on any atom is 0.231 e. The fourth-order valence-electron chi connectivity index (χ4n) is 4.74. The molecule has 4 N–H and O–H groups in total. The van der Waals surface area contributed by atoms with Crippen LogP contribution in [0.4, 0.5) is 23.1 Å². The second-order valence-electron chi connectivity index (χ2n) is 8.88. The number of nitrogens with one attached hydrogen (secondary N) is 2. The van der Waals surface area contributed by atoms with E-state index in [4.69, 9.17) is 10.7 Å². The normalized spacial score (nSPS) is 16.3. The molecule has 2 saturated heterocycles. The van der Waals surface area contributed by atoms with Gasteiger partial charge in [-0.15, -0.1) is 0 Å². The molecular weight excluding hydrogens is 454 g/mol. The SMILES string of the molecule is CC.N#Cc1c[nH]c2nc(Nc3ccc(N4CCN(C=O)CC4)cc3)nc(N3CCC(CN)CC3)c12. The average molecular weight is 490 g/mol. The molecule has 10 heteroatoms. The molecule has 5 rings (SSSR count). The Morgan fingerprint density at radius 2 is 1.78 bits per heavy atom. The van der Waals surface area contributed by atoms with Crippen LogP contribution in [0.3, 0.4) is 0 Å². The Kier molecular flexibility index (Phi) is 8.23. The summed E-state index contributed by atoms with van der Waals surface area (Å²) in [7, 11) is 0. The summed E-state index contributed by atoms with van der Waals surface area (Å²) in [4.78, 5) is 29.8. The maximum atomic E-state index is 10.9. The number of hydrogen-bond acceptors (Lipinski definition) is 8. The van der Waals surface area contributed by atoms with Gasteiger partial charge < -0.3 is 30.7 Å². The number of nitriles is 1. The molecule has 36 heavy (non-hydrogen) atoms. The summed E-state index contributed by atoms with van der Waals surface area (Å²) in [6.45, 7) is 9.54. The van der Waals surface area contributed by atoms with E-state index in [1.54, 1.807) is 11.1 Å². The van der Waals surface area contributed by atoms with E-state index < -0.39 is 0 Å². The van der Waals surface area contributed by atoms with Crippen molar-refractivity contribution in [3.05, 3.63) is 36.0 Å². The molecule has 1 amide bonds. The van der Waals surface area contributed by atoms with Crippen molar-refractivity contribution in [2.75, 3.05) is 60.9 Å².